The fourth-order valence-corrected chi connectivity index (χ4v) is 2.38. The second-order valence-electron chi connectivity index (χ2n) is 5.75. The van der Waals surface area contributed by atoms with Crippen molar-refractivity contribution < 1.29 is 5.11 Å². The maximum atomic E-state index is 9.24. The molecule has 0 amide bonds. The molecule has 2 rings (SSSR count). The summed E-state index contributed by atoms with van der Waals surface area (Å²) in [7, 11) is 0. The normalized spacial score (nSPS) is 12.5. The maximum Gasteiger partial charge on any atom is 0.158 e. The first-order chi connectivity index (χ1) is 10.7. The monoisotopic (exact) mass is 302 g/mol. The molecule has 1 heterocycles. The van der Waals surface area contributed by atoms with E-state index in [4.69, 9.17) is 5.73 Å². The van der Waals surface area contributed by atoms with Crippen molar-refractivity contribution in [1.82, 2.24) is 14.8 Å². The van der Waals surface area contributed by atoms with Gasteiger partial charge in [0.25, 0.3) is 0 Å². The van der Waals surface area contributed by atoms with Crippen LogP contribution in [0.1, 0.15) is 31.7 Å². The summed E-state index contributed by atoms with van der Waals surface area (Å²) in [5.41, 5.74) is 7.83. The molecule has 0 saturated carbocycles. The van der Waals surface area contributed by atoms with Crippen LogP contribution in [0.5, 0.6) is 0 Å². The lowest BCUT2D eigenvalue weighted by atomic mass is 10.1. The van der Waals surface area contributed by atoms with Gasteiger partial charge in [0, 0.05) is 12.0 Å². The molecule has 0 aliphatic carbocycles. The number of aliphatic hydroxyl groups excluding tert-OH is 1. The van der Waals surface area contributed by atoms with Crippen molar-refractivity contribution in [1.29, 1.82) is 0 Å². The molecule has 0 bridgehead atoms. The van der Waals surface area contributed by atoms with E-state index in [0.717, 1.165) is 36.5 Å². The minimum absolute atomic E-state index is 0.0599. The Hall–Kier alpha value is -1.72. The van der Waals surface area contributed by atoms with E-state index in [1.54, 1.807) is 4.68 Å². The number of aliphatic hydroxyl groups is 1. The van der Waals surface area contributed by atoms with E-state index in [1.165, 1.54) is 5.56 Å². The molecule has 22 heavy (non-hydrogen) atoms. The zero-order valence-corrected chi connectivity index (χ0v) is 13.5. The van der Waals surface area contributed by atoms with Gasteiger partial charge in [-0.15, -0.1) is 0 Å². The Bertz CT molecular complexity index is 577. The Balaban J connectivity index is 2.27. The van der Waals surface area contributed by atoms with Crippen LogP contribution in [0.3, 0.4) is 0 Å². The number of rotatable bonds is 8. The van der Waals surface area contributed by atoms with Gasteiger partial charge in [-0.05, 0) is 24.4 Å². The Morgan fingerprint density at radius 1 is 1.27 bits per heavy atom. The zero-order chi connectivity index (χ0) is 15.9. The smallest absolute Gasteiger partial charge is 0.158 e. The molecule has 0 spiro atoms. The summed E-state index contributed by atoms with van der Waals surface area (Å²) in [6.45, 7) is 5.55. The molecule has 2 aromatic rings. The highest BCUT2D eigenvalue weighted by atomic mass is 16.3. The summed E-state index contributed by atoms with van der Waals surface area (Å²) >= 11 is 0. The molecule has 1 aromatic heterocycles. The Labute approximate surface area is 132 Å². The molecular weight excluding hydrogens is 276 g/mol. The lowest BCUT2D eigenvalue weighted by Crippen LogP contribution is -2.07. The fraction of sp³-hybridized carbons (Fsp3) is 0.529. The van der Waals surface area contributed by atoms with E-state index < -0.39 is 0 Å². The number of nitrogens with zero attached hydrogens (tertiary/aromatic N) is 3. The van der Waals surface area contributed by atoms with Gasteiger partial charge in [0.2, 0.25) is 0 Å². The summed E-state index contributed by atoms with van der Waals surface area (Å²) in [5.74, 6) is 2.24. The third-order valence-electron chi connectivity index (χ3n) is 3.90. The molecule has 3 N–H and O–H groups in total. The Morgan fingerprint density at radius 3 is 2.59 bits per heavy atom. The van der Waals surface area contributed by atoms with E-state index in [2.05, 4.69) is 48.2 Å². The quantitative estimate of drug-likeness (QED) is 0.782. The molecule has 1 unspecified atom stereocenters. The predicted octanol–water partition coefficient (Wildman–Crippen LogP) is 2.03. The molecule has 0 saturated heterocycles. The minimum atomic E-state index is 0.0599. The third-order valence-corrected chi connectivity index (χ3v) is 3.90. The predicted molar refractivity (Wildman–Crippen MR) is 88.5 cm³/mol. The van der Waals surface area contributed by atoms with Crippen LogP contribution in [0.2, 0.25) is 0 Å². The van der Waals surface area contributed by atoms with Crippen LogP contribution in [0.15, 0.2) is 24.3 Å². The molecule has 0 aliphatic heterocycles. The molecule has 5 nitrogen and oxygen atoms in total. The number of aromatic nitrogens is 3. The molecule has 1 aromatic carbocycles. The first-order valence-corrected chi connectivity index (χ1v) is 8.01. The lowest BCUT2D eigenvalue weighted by molar-refractivity contribution is 0.269. The fourth-order valence-electron chi connectivity index (χ4n) is 2.38. The summed E-state index contributed by atoms with van der Waals surface area (Å²) in [4.78, 5) is 4.68. The van der Waals surface area contributed by atoms with Crippen LogP contribution in [0.4, 0.5) is 0 Å². The van der Waals surface area contributed by atoms with E-state index in [9.17, 15) is 5.11 Å². The first-order valence-electron chi connectivity index (χ1n) is 8.01. The standard InChI is InChI=1S/C17H26N4O/c1-3-13(2)12-16-19-17(21(20-16)10-11-22)15-6-4-14(5-7-15)8-9-18/h4-7,13,22H,3,8-12,18H2,1-2H3. The number of nitrogens with two attached hydrogens (primary N) is 1. The summed E-state index contributed by atoms with van der Waals surface area (Å²) < 4.78 is 1.80. The van der Waals surface area contributed by atoms with Crippen molar-refractivity contribution in [3.05, 3.63) is 35.7 Å². The third kappa shape index (κ3) is 4.15. The summed E-state index contributed by atoms with van der Waals surface area (Å²) in [5, 5.41) is 13.8. The van der Waals surface area contributed by atoms with Gasteiger partial charge in [0.1, 0.15) is 0 Å². The van der Waals surface area contributed by atoms with Gasteiger partial charge in [0.05, 0.1) is 13.2 Å². The zero-order valence-electron chi connectivity index (χ0n) is 13.5. The van der Waals surface area contributed by atoms with Crippen LogP contribution in [0, 0.1) is 5.92 Å². The van der Waals surface area contributed by atoms with Crippen LogP contribution in [0.25, 0.3) is 11.4 Å². The van der Waals surface area contributed by atoms with Gasteiger partial charge in [-0.3, -0.25) is 0 Å². The van der Waals surface area contributed by atoms with Gasteiger partial charge in [0.15, 0.2) is 11.6 Å². The topological polar surface area (TPSA) is 77.0 Å². The minimum Gasteiger partial charge on any atom is -0.394 e. The van der Waals surface area contributed by atoms with E-state index in [1.807, 2.05) is 0 Å². The highest BCUT2D eigenvalue weighted by Crippen LogP contribution is 2.20. The van der Waals surface area contributed by atoms with Crippen LogP contribution in [-0.2, 0) is 19.4 Å². The van der Waals surface area contributed by atoms with Crippen molar-refractivity contribution in [3.8, 4) is 11.4 Å². The van der Waals surface area contributed by atoms with Gasteiger partial charge < -0.3 is 10.8 Å². The SMILES string of the molecule is CCC(C)Cc1nc(-c2ccc(CCN)cc2)n(CCO)n1. The highest BCUT2D eigenvalue weighted by molar-refractivity contribution is 5.55. The molecule has 1 atom stereocenters. The van der Waals surface area contributed by atoms with E-state index in [0.29, 0.717) is 19.0 Å². The summed E-state index contributed by atoms with van der Waals surface area (Å²) in [6.07, 6.45) is 2.85. The van der Waals surface area contributed by atoms with E-state index >= 15 is 0 Å². The van der Waals surface area contributed by atoms with Crippen LogP contribution >= 0.6 is 0 Å². The molecule has 0 fully saturated rings. The molecule has 120 valence electrons. The van der Waals surface area contributed by atoms with Crippen molar-refractivity contribution in [2.75, 3.05) is 13.2 Å². The van der Waals surface area contributed by atoms with Gasteiger partial charge in [-0.25, -0.2) is 9.67 Å². The van der Waals surface area contributed by atoms with Gasteiger partial charge in [-0.1, -0.05) is 44.5 Å². The lowest BCUT2D eigenvalue weighted by Gasteiger charge is -2.05. The largest absolute Gasteiger partial charge is 0.394 e. The molecule has 0 aliphatic rings. The molecule has 0 radical (unpaired) electrons. The van der Waals surface area contributed by atoms with E-state index in [-0.39, 0.29) is 6.61 Å². The number of hydrogen-bond acceptors (Lipinski definition) is 4. The summed E-state index contributed by atoms with van der Waals surface area (Å²) in [6, 6.07) is 8.26. The second-order valence-corrected chi connectivity index (χ2v) is 5.75. The molecule has 5 heteroatoms. The van der Waals surface area contributed by atoms with Gasteiger partial charge in [-0.2, -0.15) is 5.10 Å². The highest BCUT2D eigenvalue weighted by Gasteiger charge is 2.13. The average Bonchev–Trinajstić information content (AvgIpc) is 2.91. The van der Waals surface area contributed by atoms with Crippen molar-refractivity contribution >= 4 is 0 Å². The first kappa shape index (κ1) is 16.6. The Morgan fingerprint density at radius 2 is 2.00 bits per heavy atom. The van der Waals surface area contributed by atoms with Crippen molar-refractivity contribution in [3.63, 3.8) is 0 Å². The molecular formula is C17H26N4O. The number of hydrogen-bond donors (Lipinski definition) is 2. The maximum absolute atomic E-state index is 9.24. The second kappa shape index (κ2) is 8.06. The average molecular weight is 302 g/mol. The Kier molecular flexibility index (Phi) is 6.10. The van der Waals surface area contributed by atoms with Gasteiger partial charge >= 0.3 is 0 Å². The number of benzene rings is 1. The van der Waals surface area contributed by atoms with Crippen molar-refractivity contribution in [2.45, 2.75) is 39.7 Å². The van der Waals surface area contributed by atoms with Crippen molar-refractivity contribution in [2.24, 2.45) is 11.7 Å². The van der Waals surface area contributed by atoms with Crippen LogP contribution in [-0.4, -0.2) is 33.0 Å². The van der Waals surface area contributed by atoms with Crippen LogP contribution < -0.4 is 5.73 Å².